The molecule has 0 unspecified atom stereocenters. The third kappa shape index (κ3) is 4.91. The van der Waals surface area contributed by atoms with Crippen LogP contribution in [0.1, 0.15) is 18.4 Å². The van der Waals surface area contributed by atoms with Crippen LogP contribution < -0.4 is 19.1 Å². The highest BCUT2D eigenvalue weighted by atomic mass is 32.2. The van der Waals surface area contributed by atoms with Gasteiger partial charge < -0.3 is 14.8 Å². The third-order valence-electron chi connectivity index (χ3n) is 4.11. The van der Waals surface area contributed by atoms with Crippen LogP contribution in [0.25, 0.3) is 0 Å². The Balaban J connectivity index is 1.57. The largest absolute Gasteiger partial charge is 0.454 e. The van der Waals surface area contributed by atoms with Gasteiger partial charge in [0.25, 0.3) is 0 Å². The van der Waals surface area contributed by atoms with Crippen LogP contribution in [-0.4, -0.2) is 33.9 Å². The van der Waals surface area contributed by atoms with Crippen molar-refractivity contribution in [2.75, 3.05) is 29.2 Å². The molecule has 0 radical (unpaired) electrons. The molecule has 1 aliphatic heterocycles. The van der Waals surface area contributed by atoms with Gasteiger partial charge in [-0.05, 0) is 43.2 Å². The number of fused-ring (bicyclic) bond motifs is 1. The molecule has 27 heavy (non-hydrogen) atoms. The molecule has 0 atom stereocenters. The summed E-state index contributed by atoms with van der Waals surface area (Å²) in [4.78, 5) is 12.2. The summed E-state index contributed by atoms with van der Waals surface area (Å²) in [6, 6.07) is 12.5. The van der Waals surface area contributed by atoms with Gasteiger partial charge in [-0.3, -0.25) is 9.10 Å². The Kier molecular flexibility index (Phi) is 5.55. The minimum absolute atomic E-state index is 0.174. The first-order chi connectivity index (χ1) is 12.8. The molecular formula is C19H22N2O5S. The number of anilines is 2. The molecule has 3 rings (SSSR count). The lowest BCUT2D eigenvalue weighted by molar-refractivity contribution is -0.116. The fraction of sp³-hybridized carbons (Fsp3) is 0.316. The van der Waals surface area contributed by atoms with Crippen LogP contribution in [-0.2, 0) is 14.8 Å². The Morgan fingerprint density at radius 1 is 1.15 bits per heavy atom. The van der Waals surface area contributed by atoms with Crippen LogP contribution in [0.5, 0.6) is 11.5 Å². The number of ether oxygens (including phenoxy) is 2. The van der Waals surface area contributed by atoms with Crippen LogP contribution in [0.3, 0.4) is 0 Å². The minimum Gasteiger partial charge on any atom is -0.454 e. The van der Waals surface area contributed by atoms with Crippen LogP contribution in [0.2, 0.25) is 0 Å². The van der Waals surface area contributed by atoms with Gasteiger partial charge in [-0.15, -0.1) is 0 Å². The summed E-state index contributed by atoms with van der Waals surface area (Å²) in [5, 5.41) is 2.79. The van der Waals surface area contributed by atoms with Crippen LogP contribution >= 0.6 is 0 Å². The number of aryl methyl sites for hydroxylation is 1. The number of rotatable bonds is 7. The van der Waals surface area contributed by atoms with Gasteiger partial charge in [-0.1, -0.05) is 12.1 Å². The average molecular weight is 390 g/mol. The minimum atomic E-state index is -3.43. The molecule has 1 amide bonds. The summed E-state index contributed by atoms with van der Waals surface area (Å²) in [6.07, 6.45) is 1.77. The zero-order valence-electron chi connectivity index (χ0n) is 15.3. The van der Waals surface area contributed by atoms with Gasteiger partial charge in [0.1, 0.15) is 0 Å². The van der Waals surface area contributed by atoms with Crippen molar-refractivity contribution in [3.63, 3.8) is 0 Å². The zero-order chi connectivity index (χ0) is 19.4. The van der Waals surface area contributed by atoms with Crippen LogP contribution in [0, 0.1) is 6.92 Å². The maximum Gasteiger partial charge on any atom is 0.232 e. The molecule has 8 heteroatoms. The molecule has 1 heterocycles. The summed E-state index contributed by atoms with van der Waals surface area (Å²) < 4.78 is 36.1. The maximum atomic E-state index is 12.2. The standard InChI is InChI=1S/C19H22N2O5S/c1-14-5-3-6-16(11-14)21(27(2,23)24)10-4-7-19(22)20-15-8-9-17-18(12-15)26-13-25-17/h3,5-6,8-9,11-12H,4,7,10,13H2,1-2H3,(H,20,22). The van der Waals surface area contributed by atoms with E-state index in [0.717, 1.165) is 5.56 Å². The van der Waals surface area contributed by atoms with Crippen molar-refractivity contribution in [3.8, 4) is 11.5 Å². The van der Waals surface area contributed by atoms with Crippen molar-refractivity contribution in [1.29, 1.82) is 0 Å². The van der Waals surface area contributed by atoms with Crippen molar-refractivity contribution in [1.82, 2.24) is 0 Å². The Bertz CT molecular complexity index is 943. The fourth-order valence-corrected chi connectivity index (χ4v) is 3.81. The summed E-state index contributed by atoms with van der Waals surface area (Å²) in [7, 11) is -3.43. The molecule has 144 valence electrons. The molecule has 0 aromatic heterocycles. The number of amides is 1. The second-order valence-electron chi connectivity index (χ2n) is 6.39. The lowest BCUT2D eigenvalue weighted by Crippen LogP contribution is -2.31. The van der Waals surface area contributed by atoms with E-state index in [1.807, 2.05) is 25.1 Å². The van der Waals surface area contributed by atoms with E-state index in [2.05, 4.69) is 5.32 Å². The Hall–Kier alpha value is -2.74. The summed E-state index contributed by atoms with van der Waals surface area (Å²) in [6.45, 7) is 2.31. The van der Waals surface area contributed by atoms with Gasteiger partial charge in [-0.2, -0.15) is 0 Å². The van der Waals surface area contributed by atoms with E-state index in [1.54, 1.807) is 24.3 Å². The molecule has 0 spiro atoms. The van der Waals surface area contributed by atoms with E-state index < -0.39 is 10.0 Å². The molecule has 2 aromatic carbocycles. The number of carbonyl (C=O) groups is 1. The second-order valence-corrected chi connectivity index (χ2v) is 8.30. The van der Waals surface area contributed by atoms with Crippen molar-refractivity contribution in [3.05, 3.63) is 48.0 Å². The van der Waals surface area contributed by atoms with Crippen LogP contribution in [0.4, 0.5) is 11.4 Å². The summed E-state index contributed by atoms with van der Waals surface area (Å²) in [5.41, 5.74) is 2.19. The number of nitrogens with zero attached hydrogens (tertiary/aromatic N) is 1. The molecule has 1 N–H and O–H groups in total. The van der Waals surface area contributed by atoms with E-state index >= 15 is 0 Å². The molecule has 0 saturated heterocycles. The molecule has 2 aromatic rings. The number of nitrogens with one attached hydrogen (secondary N) is 1. The predicted octanol–water partition coefficient (Wildman–Crippen LogP) is 2.91. The van der Waals surface area contributed by atoms with Crippen molar-refractivity contribution >= 4 is 27.3 Å². The van der Waals surface area contributed by atoms with Gasteiger partial charge in [0.15, 0.2) is 11.5 Å². The monoisotopic (exact) mass is 390 g/mol. The lowest BCUT2D eigenvalue weighted by Gasteiger charge is -2.22. The molecule has 0 saturated carbocycles. The number of benzene rings is 2. The first-order valence-electron chi connectivity index (χ1n) is 8.57. The average Bonchev–Trinajstić information content (AvgIpc) is 3.05. The van der Waals surface area contributed by atoms with Gasteiger partial charge in [-0.25, -0.2) is 8.42 Å². The highest BCUT2D eigenvalue weighted by Crippen LogP contribution is 2.34. The molecule has 7 nitrogen and oxygen atoms in total. The topological polar surface area (TPSA) is 84.9 Å². The highest BCUT2D eigenvalue weighted by molar-refractivity contribution is 7.92. The smallest absolute Gasteiger partial charge is 0.232 e. The zero-order valence-corrected chi connectivity index (χ0v) is 16.1. The van der Waals surface area contributed by atoms with E-state index in [4.69, 9.17) is 9.47 Å². The van der Waals surface area contributed by atoms with Crippen molar-refractivity contribution in [2.45, 2.75) is 19.8 Å². The van der Waals surface area contributed by atoms with Gasteiger partial charge in [0.2, 0.25) is 22.7 Å². The summed E-state index contributed by atoms with van der Waals surface area (Å²) >= 11 is 0. The van der Waals surface area contributed by atoms with E-state index in [-0.39, 0.29) is 25.7 Å². The first kappa shape index (κ1) is 19.0. The predicted molar refractivity (Wildman–Crippen MR) is 104 cm³/mol. The Morgan fingerprint density at radius 2 is 1.93 bits per heavy atom. The molecule has 0 bridgehead atoms. The number of sulfonamides is 1. The van der Waals surface area contributed by atoms with E-state index in [1.165, 1.54) is 10.6 Å². The number of hydrogen-bond acceptors (Lipinski definition) is 5. The maximum absolute atomic E-state index is 12.2. The molecule has 0 aliphatic carbocycles. The lowest BCUT2D eigenvalue weighted by atomic mass is 10.2. The third-order valence-corrected chi connectivity index (χ3v) is 5.31. The highest BCUT2D eigenvalue weighted by Gasteiger charge is 2.18. The second kappa shape index (κ2) is 7.87. The van der Waals surface area contributed by atoms with Crippen LogP contribution in [0.15, 0.2) is 42.5 Å². The van der Waals surface area contributed by atoms with Gasteiger partial charge >= 0.3 is 0 Å². The normalized spacial score (nSPS) is 12.7. The molecule has 1 aliphatic rings. The SMILES string of the molecule is Cc1cccc(N(CCCC(=O)Nc2ccc3c(c2)OCO3)S(C)(=O)=O)c1. The number of carbonyl (C=O) groups excluding carboxylic acids is 1. The van der Waals surface area contributed by atoms with Crippen molar-refractivity contribution in [2.24, 2.45) is 0 Å². The number of hydrogen-bond donors (Lipinski definition) is 1. The Labute approximate surface area is 158 Å². The van der Waals surface area contributed by atoms with Crippen molar-refractivity contribution < 1.29 is 22.7 Å². The summed E-state index contributed by atoms with van der Waals surface area (Å²) in [5.74, 6) is 1.05. The Morgan fingerprint density at radius 3 is 2.67 bits per heavy atom. The van der Waals surface area contributed by atoms with Gasteiger partial charge in [0, 0.05) is 24.7 Å². The molecular weight excluding hydrogens is 368 g/mol. The van der Waals surface area contributed by atoms with Gasteiger partial charge in [0.05, 0.1) is 11.9 Å². The van der Waals surface area contributed by atoms with E-state index in [0.29, 0.717) is 29.3 Å². The first-order valence-corrected chi connectivity index (χ1v) is 10.4. The van der Waals surface area contributed by atoms with E-state index in [9.17, 15) is 13.2 Å². The molecule has 0 fully saturated rings. The quantitative estimate of drug-likeness (QED) is 0.786. The fourth-order valence-electron chi connectivity index (χ4n) is 2.85.